The highest BCUT2D eigenvalue weighted by Gasteiger charge is 2.39. The summed E-state index contributed by atoms with van der Waals surface area (Å²) in [4.78, 5) is 19.1. The summed E-state index contributed by atoms with van der Waals surface area (Å²) >= 11 is 1.51. The van der Waals surface area contributed by atoms with E-state index in [0.717, 1.165) is 30.4 Å². The second-order valence-electron chi connectivity index (χ2n) is 5.85. The summed E-state index contributed by atoms with van der Waals surface area (Å²) in [6.45, 7) is 3.81. The van der Waals surface area contributed by atoms with Gasteiger partial charge in [-0.05, 0) is 32.7 Å². The van der Waals surface area contributed by atoms with Gasteiger partial charge in [0.25, 0.3) is 5.91 Å². The van der Waals surface area contributed by atoms with Crippen molar-refractivity contribution in [3.63, 3.8) is 0 Å². The molecule has 5 nitrogen and oxygen atoms in total. The summed E-state index contributed by atoms with van der Waals surface area (Å²) in [6, 6.07) is 1.61. The summed E-state index contributed by atoms with van der Waals surface area (Å²) < 4.78 is 0. The second kappa shape index (κ2) is 5.79. The number of carbonyl (C=O) groups excluding carboxylic acids is 1. The Bertz CT molecular complexity index is 485. The third-order valence-electron chi connectivity index (χ3n) is 4.12. The lowest BCUT2D eigenvalue weighted by Gasteiger charge is -2.19. The molecule has 1 amide bonds. The summed E-state index contributed by atoms with van der Waals surface area (Å²) in [5, 5.41) is 5.90. The lowest BCUT2D eigenvalue weighted by molar-refractivity contribution is 0.0933. The normalized spacial score (nSPS) is 26.9. The van der Waals surface area contributed by atoms with Crippen LogP contribution in [-0.2, 0) is 6.42 Å². The Balaban J connectivity index is 1.55. The van der Waals surface area contributed by atoms with Gasteiger partial charge in [0.2, 0.25) is 0 Å². The molecule has 1 aromatic heterocycles. The number of nitrogens with two attached hydrogens (primary N) is 1. The van der Waals surface area contributed by atoms with Crippen LogP contribution >= 0.6 is 11.3 Å². The molecule has 1 aromatic rings. The molecule has 0 radical (unpaired) electrons. The van der Waals surface area contributed by atoms with Gasteiger partial charge in [0, 0.05) is 36.5 Å². The molecule has 0 aromatic carbocycles. The van der Waals surface area contributed by atoms with Crippen molar-refractivity contribution in [2.45, 2.75) is 50.7 Å². The Labute approximate surface area is 123 Å². The van der Waals surface area contributed by atoms with Crippen LogP contribution in [0.5, 0.6) is 0 Å². The monoisotopic (exact) mass is 294 g/mol. The number of rotatable bonds is 5. The zero-order valence-electron chi connectivity index (χ0n) is 11.8. The largest absolute Gasteiger partial charge is 0.347 e. The van der Waals surface area contributed by atoms with E-state index in [1.807, 2.05) is 5.38 Å². The number of hydrogen-bond donors (Lipinski definition) is 2. The van der Waals surface area contributed by atoms with Crippen molar-refractivity contribution in [3.8, 4) is 0 Å². The molecule has 0 bridgehead atoms. The number of likely N-dealkylation sites (tertiary alicyclic amines) is 1. The average molecular weight is 294 g/mol. The van der Waals surface area contributed by atoms with Gasteiger partial charge in [0.15, 0.2) is 0 Å². The Morgan fingerprint density at radius 2 is 2.40 bits per heavy atom. The Hall–Kier alpha value is -0.980. The highest BCUT2D eigenvalue weighted by molar-refractivity contribution is 7.09. The van der Waals surface area contributed by atoms with Crippen LogP contribution < -0.4 is 11.1 Å². The van der Waals surface area contributed by atoms with Gasteiger partial charge in [-0.1, -0.05) is 0 Å². The third kappa shape index (κ3) is 3.02. The van der Waals surface area contributed by atoms with E-state index in [1.54, 1.807) is 0 Å². The minimum atomic E-state index is -0.0423. The van der Waals surface area contributed by atoms with Crippen LogP contribution in [0.2, 0.25) is 0 Å². The first-order chi connectivity index (χ1) is 9.67. The van der Waals surface area contributed by atoms with Crippen LogP contribution in [0.1, 0.15) is 41.7 Å². The Morgan fingerprint density at radius 3 is 3.10 bits per heavy atom. The maximum absolute atomic E-state index is 12.2. The van der Waals surface area contributed by atoms with Crippen LogP contribution in [0.3, 0.4) is 0 Å². The maximum Gasteiger partial charge on any atom is 0.271 e. The second-order valence-corrected chi connectivity index (χ2v) is 6.79. The number of nitrogens with one attached hydrogen (secondary N) is 1. The fourth-order valence-electron chi connectivity index (χ4n) is 2.99. The molecule has 20 heavy (non-hydrogen) atoms. The first-order valence-electron chi connectivity index (χ1n) is 7.38. The van der Waals surface area contributed by atoms with E-state index in [-0.39, 0.29) is 11.9 Å². The van der Waals surface area contributed by atoms with E-state index in [2.05, 4.69) is 22.1 Å². The summed E-state index contributed by atoms with van der Waals surface area (Å²) in [5.74, 6) is -0.0423. The lowest BCUT2D eigenvalue weighted by atomic mass is 10.2. The number of hydrogen-bond acceptors (Lipinski definition) is 5. The van der Waals surface area contributed by atoms with Crippen LogP contribution in [0.15, 0.2) is 5.38 Å². The van der Waals surface area contributed by atoms with Crippen molar-refractivity contribution in [2.24, 2.45) is 5.73 Å². The topological polar surface area (TPSA) is 71.2 Å². The van der Waals surface area contributed by atoms with Crippen molar-refractivity contribution in [1.82, 2.24) is 15.2 Å². The first-order valence-corrected chi connectivity index (χ1v) is 8.26. The fourth-order valence-corrected chi connectivity index (χ4v) is 3.78. The van der Waals surface area contributed by atoms with E-state index in [1.165, 1.54) is 24.2 Å². The van der Waals surface area contributed by atoms with Gasteiger partial charge in [-0.25, -0.2) is 4.98 Å². The predicted octanol–water partition coefficient (Wildman–Crippen LogP) is 0.999. The Morgan fingerprint density at radius 1 is 1.60 bits per heavy atom. The van der Waals surface area contributed by atoms with Crippen molar-refractivity contribution >= 4 is 17.2 Å². The third-order valence-corrected chi connectivity index (χ3v) is 5.03. The summed E-state index contributed by atoms with van der Waals surface area (Å²) in [5.41, 5.74) is 6.04. The first kappa shape index (κ1) is 14.0. The molecule has 2 heterocycles. The zero-order valence-corrected chi connectivity index (χ0v) is 12.7. The smallest absolute Gasteiger partial charge is 0.271 e. The predicted molar refractivity (Wildman–Crippen MR) is 79.9 cm³/mol. The average Bonchev–Trinajstić information content (AvgIpc) is 3.04. The molecule has 2 unspecified atom stereocenters. The molecule has 3 N–H and O–H groups in total. The molecule has 2 atom stereocenters. The van der Waals surface area contributed by atoms with Crippen LogP contribution in [0.25, 0.3) is 0 Å². The van der Waals surface area contributed by atoms with Gasteiger partial charge < -0.3 is 11.1 Å². The molecular weight excluding hydrogens is 272 g/mol. The highest BCUT2D eigenvalue weighted by atomic mass is 32.1. The zero-order chi connectivity index (χ0) is 14.1. The summed E-state index contributed by atoms with van der Waals surface area (Å²) in [6.07, 6.45) is 4.43. The van der Waals surface area contributed by atoms with E-state index < -0.39 is 0 Å². The van der Waals surface area contributed by atoms with Crippen molar-refractivity contribution in [3.05, 3.63) is 16.1 Å². The standard InChI is InChI=1S/C14H22N4OS/c1-9-6-10(7-18(9)11-2-3-11)16-14(19)12-8-20-13(17-12)4-5-15/h8-11H,2-7,15H2,1H3,(H,16,19). The van der Waals surface area contributed by atoms with E-state index >= 15 is 0 Å². The number of thiazole rings is 1. The molecule has 2 aliphatic rings. The SMILES string of the molecule is CC1CC(NC(=O)c2csc(CCN)n2)CN1C1CC1. The van der Waals surface area contributed by atoms with Crippen LogP contribution in [0.4, 0.5) is 0 Å². The minimum absolute atomic E-state index is 0.0423. The van der Waals surface area contributed by atoms with Gasteiger partial charge in [0.05, 0.1) is 5.01 Å². The molecule has 2 fully saturated rings. The maximum atomic E-state index is 12.2. The molecule has 0 spiro atoms. The molecular formula is C14H22N4OS. The molecule has 3 rings (SSSR count). The van der Waals surface area contributed by atoms with Gasteiger partial charge in [-0.2, -0.15) is 0 Å². The van der Waals surface area contributed by atoms with Gasteiger partial charge in [-0.3, -0.25) is 9.69 Å². The van der Waals surface area contributed by atoms with E-state index in [0.29, 0.717) is 18.3 Å². The molecule has 6 heteroatoms. The molecule has 1 aliphatic heterocycles. The van der Waals surface area contributed by atoms with Crippen molar-refractivity contribution in [1.29, 1.82) is 0 Å². The number of carbonyl (C=O) groups is 1. The molecule has 1 aliphatic carbocycles. The molecule has 110 valence electrons. The molecule has 1 saturated heterocycles. The number of nitrogens with zero attached hydrogens (tertiary/aromatic N) is 2. The van der Waals surface area contributed by atoms with Crippen molar-refractivity contribution < 1.29 is 4.79 Å². The quantitative estimate of drug-likeness (QED) is 0.850. The fraction of sp³-hybridized carbons (Fsp3) is 0.714. The van der Waals surface area contributed by atoms with Gasteiger partial charge >= 0.3 is 0 Å². The summed E-state index contributed by atoms with van der Waals surface area (Å²) in [7, 11) is 0. The lowest BCUT2D eigenvalue weighted by Crippen LogP contribution is -2.37. The number of amides is 1. The Kier molecular flexibility index (Phi) is 4.05. The van der Waals surface area contributed by atoms with Crippen LogP contribution in [-0.4, -0.2) is 47.0 Å². The molecule has 1 saturated carbocycles. The van der Waals surface area contributed by atoms with E-state index in [4.69, 9.17) is 5.73 Å². The van der Waals surface area contributed by atoms with E-state index in [9.17, 15) is 4.79 Å². The minimum Gasteiger partial charge on any atom is -0.347 e. The van der Waals surface area contributed by atoms with Crippen LogP contribution in [0, 0.1) is 0 Å². The highest BCUT2D eigenvalue weighted by Crippen LogP contribution is 2.33. The van der Waals surface area contributed by atoms with Crippen molar-refractivity contribution in [2.75, 3.05) is 13.1 Å². The van der Waals surface area contributed by atoms with Gasteiger partial charge in [-0.15, -0.1) is 11.3 Å². The van der Waals surface area contributed by atoms with Gasteiger partial charge in [0.1, 0.15) is 5.69 Å². The number of aromatic nitrogens is 1.